The second kappa shape index (κ2) is 5.26. The van der Waals surface area contributed by atoms with Crippen LogP contribution < -0.4 is 11.1 Å². The summed E-state index contributed by atoms with van der Waals surface area (Å²) in [6, 6.07) is 1.01. The van der Waals surface area contributed by atoms with E-state index in [1.165, 1.54) is 12.8 Å². The van der Waals surface area contributed by atoms with Crippen molar-refractivity contribution < 1.29 is 4.79 Å². The van der Waals surface area contributed by atoms with Gasteiger partial charge in [-0.15, -0.1) is 5.10 Å². The Labute approximate surface area is 112 Å². The van der Waals surface area contributed by atoms with Crippen LogP contribution in [0, 0.1) is 0 Å². The van der Waals surface area contributed by atoms with Crippen molar-refractivity contribution in [1.29, 1.82) is 0 Å². The number of rotatable bonds is 5. The molecule has 3 N–H and O–H groups in total. The first kappa shape index (κ1) is 12.6. The van der Waals surface area contributed by atoms with Gasteiger partial charge in [0.05, 0.1) is 12.7 Å². The van der Waals surface area contributed by atoms with Gasteiger partial charge in [-0.2, -0.15) is 0 Å². The van der Waals surface area contributed by atoms with Gasteiger partial charge in [0.15, 0.2) is 5.69 Å². The summed E-state index contributed by atoms with van der Waals surface area (Å²) in [6.45, 7) is 3.13. The first-order chi connectivity index (χ1) is 9.26. The highest BCUT2D eigenvalue weighted by molar-refractivity contribution is 5.92. The lowest BCUT2D eigenvalue weighted by atomic mass is 10.2. The molecule has 7 nitrogen and oxygen atoms in total. The van der Waals surface area contributed by atoms with Crippen molar-refractivity contribution in [2.75, 3.05) is 19.6 Å². The van der Waals surface area contributed by atoms with Crippen LogP contribution in [-0.4, -0.2) is 57.5 Å². The zero-order valence-corrected chi connectivity index (χ0v) is 11.0. The SMILES string of the molecule is NCCn1cc(C(=O)NC2CCN(C3CC3)C2)nn1. The van der Waals surface area contributed by atoms with Gasteiger partial charge in [0.1, 0.15) is 0 Å². The molecule has 19 heavy (non-hydrogen) atoms. The van der Waals surface area contributed by atoms with E-state index in [-0.39, 0.29) is 11.9 Å². The Morgan fingerprint density at radius 3 is 3.05 bits per heavy atom. The van der Waals surface area contributed by atoms with Gasteiger partial charge >= 0.3 is 0 Å². The smallest absolute Gasteiger partial charge is 0.273 e. The number of nitrogens with one attached hydrogen (secondary N) is 1. The molecule has 1 unspecified atom stereocenters. The number of hydrogen-bond acceptors (Lipinski definition) is 5. The standard InChI is InChI=1S/C12H20N6O/c13-4-6-18-8-11(15-16-18)12(19)14-9-3-5-17(7-9)10-1-2-10/h8-10H,1-7,13H2,(H,14,19). The third-order valence-corrected chi connectivity index (χ3v) is 3.75. The van der Waals surface area contributed by atoms with Crippen LogP contribution >= 0.6 is 0 Å². The predicted octanol–water partition coefficient (Wildman–Crippen LogP) is -0.797. The Bertz CT molecular complexity index is 455. The van der Waals surface area contributed by atoms with Crippen LogP contribution in [0.25, 0.3) is 0 Å². The number of hydrogen-bond donors (Lipinski definition) is 2. The van der Waals surface area contributed by atoms with Crippen molar-refractivity contribution in [2.45, 2.75) is 37.9 Å². The normalized spacial score (nSPS) is 23.7. The molecule has 7 heteroatoms. The average molecular weight is 264 g/mol. The monoisotopic (exact) mass is 264 g/mol. The van der Waals surface area contributed by atoms with Crippen molar-refractivity contribution in [3.63, 3.8) is 0 Å². The van der Waals surface area contributed by atoms with E-state index in [0.29, 0.717) is 18.8 Å². The topological polar surface area (TPSA) is 89.1 Å². The van der Waals surface area contributed by atoms with Crippen LogP contribution in [0.4, 0.5) is 0 Å². The number of carbonyl (C=O) groups excluding carboxylic acids is 1. The molecule has 1 atom stereocenters. The van der Waals surface area contributed by atoms with E-state index in [9.17, 15) is 4.79 Å². The van der Waals surface area contributed by atoms with Crippen molar-refractivity contribution in [2.24, 2.45) is 5.73 Å². The van der Waals surface area contributed by atoms with Crippen LogP contribution in [0.5, 0.6) is 0 Å². The maximum absolute atomic E-state index is 12.0. The third kappa shape index (κ3) is 2.93. The molecule has 1 amide bonds. The van der Waals surface area contributed by atoms with Crippen LogP contribution in [0.15, 0.2) is 6.20 Å². The molecular weight excluding hydrogens is 244 g/mol. The lowest BCUT2D eigenvalue weighted by Gasteiger charge is -2.15. The predicted molar refractivity (Wildman–Crippen MR) is 69.5 cm³/mol. The molecule has 3 rings (SSSR count). The molecule has 0 radical (unpaired) electrons. The fourth-order valence-electron chi connectivity index (χ4n) is 2.58. The summed E-state index contributed by atoms with van der Waals surface area (Å²) >= 11 is 0. The number of carbonyl (C=O) groups is 1. The highest BCUT2D eigenvalue weighted by atomic mass is 16.2. The summed E-state index contributed by atoms with van der Waals surface area (Å²) in [5, 5.41) is 10.8. The fourth-order valence-corrected chi connectivity index (χ4v) is 2.58. The molecule has 0 aromatic carbocycles. The van der Waals surface area contributed by atoms with Crippen LogP contribution in [-0.2, 0) is 6.54 Å². The first-order valence-corrected chi connectivity index (χ1v) is 6.91. The molecule has 1 saturated carbocycles. The molecule has 1 aliphatic heterocycles. The van der Waals surface area contributed by atoms with Gasteiger partial charge in [0, 0.05) is 31.7 Å². The summed E-state index contributed by atoms with van der Waals surface area (Å²) in [5.74, 6) is -0.133. The maximum Gasteiger partial charge on any atom is 0.273 e. The van der Waals surface area contributed by atoms with E-state index < -0.39 is 0 Å². The number of likely N-dealkylation sites (tertiary alicyclic amines) is 1. The number of nitrogens with two attached hydrogens (primary N) is 1. The fraction of sp³-hybridized carbons (Fsp3) is 0.750. The maximum atomic E-state index is 12.0. The quantitative estimate of drug-likeness (QED) is 0.727. The van der Waals surface area contributed by atoms with Gasteiger partial charge < -0.3 is 11.1 Å². The summed E-state index contributed by atoms with van der Waals surface area (Å²) in [4.78, 5) is 14.5. The van der Waals surface area contributed by atoms with Gasteiger partial charge in [-0.3, -0.25) is 14.4 Å². The molecule has 1 aliphatic carbocycles. The molecule has 0 bridgehead atoms. The first-order valence-electron chi connectivity index (χ1n) is 6.91. The summed E-state index contributed by atoms with van der Waals surface area (Å²) in [6.07, 6.45) is 5.30. The van der Waals surface area contributed by atoms with E-state index in [2.05, 4.69) is 20.5 Å². The van der Waals surface area contributed by atoms with Crippen molar-refractivity contribution in [3.05, 3.63) is 11.9 Å². The minimum absolute atomic E-state index is 0.133. The molecule has 104 valence electrons. The molecule has 0 spiro atoms. The van der Waals surface area contributed by atoms with E-state index in [1.807, 2.05) is 0 Å². The van der Waals surface area contributed by atoms with E-state index in [0.717, 1.165) is 25.6 Å². The van der Waals surface area contributed by atoms with Gasteiger partial charge in [0.25, 0.3) is 5.91 Å². The van der Waals surface area contributed by atoms with E-state index in [1.54, 1.807) is 10.9 Å². The Morgan fingerprint density at radius 2 is 2.32 bits per heavy atom. The molecule has 1 aromatic heterocycles. The molecule has 2 heterocycles. The largest absolute Gasteiger partial charge is 0.347 e. The number of aromatic nitrogens is 3. The Morgan fingerprint density at radius 1 is 1.47 bits per heavy atom. The van der Waals surface area contributed by atoms with Crippen molar-refractivity contribution >= 4 is 5.91 Å². The molecule has 2 fully saturated rings. The average Bonchev–Trinajstić information content (AvgIpc) is 2.96. The second-order valence-corrected chi connectivity index (χ2v) is 5.34. The Hall–Kier alpha value is -1.47. The van der Waals surface area contributed by atoms with Crippen LogP contribution in [0.2, 0.25) is 0 Å². The number of nitrogens with zero attached hydrogens (tertiary/aromatic N) is 4. The summed E-state index contributed by atoms with van der Waals surface area (Å²) in [7, 11) is 0. The van der Waals surface area contributed by atoms with Gasteiger partial charge in [-0.05, 0) is 19.3 Å². The van der Waals surface area contributed by atoms with Crippen LogP contribution in [0.3, 0.4) is 0 Å². The molecule has 2 aliphatic rings. The number of amides is 1. The van der Waals surface area contributed by atoms with Crippen molar-refractivity contribution in [3.8, 4) is 0 Å². The molecule has 1 aromatic rings. The van der Waals surface area contributed by atoms with Gasteiger partial charge in [0.2, 0.25) is 0 Å². The zero-order chi connectivity index (χ0) is 13.2. The summed E-state index contributed by atoms with van der Waals surface area (Å²) < 4.78 is 1.60. The van der Waals surface area contributed by atoms with E-state index in [4.69, 9.17) is 5.73 Å². The minimum atomic E-state index is -0.133. The van der Waals surface area contributed by atoms with Crippen LogP contribution in [0.1, 0.15) is 29.8 Å². The molecular formula is C12H20N6O. The van der Waals surface area contributed by atoms with Gasteiger partial charge in [-0.1, -0.05) is 5.21 Å². The zero-order valence-electron chi connectivity index (χ0n) is 11.0. The lowest BCUT2D eigenvalue weighted by molar-refractivity contribution is 0.0932. The van der Waals surface area contributed by atoms with Crippen molar-refractivity contribution in [1.82, 2.24) is 25.2 Å². The second-order valence-electron chi connectivity index (χ2n) is 5.34. The Kier molecular flexibility index (Phi) is 3.48. The third-order valence-electron chi connectivity index (χ3n) is 3.75. The molecule has 1 saturated heterocycles. The van der Waals surface area contributed by atoms with E-state index >= 15 is 0 Å². The summed E-state index contributed by atoms with van der Waals surface area (Å²) in [5.41, 5.74) is 5.81. The van der Waals surface area contributed by atoms with Gasteiger partial charge in [-0.25, -0.2) is 0 Å². The highest BCUT2D eigenvalue weighted by Crippen LogP contribution is 2.29. The Balaban J connectivity index is 1.52. The highest BCUT2D eigenvalue weighted by Gasteiger charge is 2.35. The lowest BCUT2D eigenvalue weighted by Crippen LogP contribution is -2.37. The minimum Gasteiger partial charge on any atom is -0.347 e.